The molecule has 0 heterocycles. The van der Waals surface area contributed by atoms with E-state index in [1.807, 2.05) is 141 Å². The Hall–Kier alpha value is -6.17. The normalized spacial score (nSPS) is 14.5. The summed E-state index contributed by atoms with van der Waals surface area (Å²) in [7, 11) is 0. The summed E-state index contributed by atoms with van der Waals surface area (Å²) in [6.45, 7) is 8.95. The highest BCUT2D eigenvalue weighted by Gasteiger charge is 2.40. The van der Waals surface area contributed by atoms with Gasteiger partial charge in [-0.25, -0.2) is 4.79 Å². The molecule has 1 aliphatic rings. The fourth-order valence-corrected chi connectivity index (χ4v) is 9.54. The van der Waals surface area contributed by atoms with Crippen molar-refractivity contribution in [3.63, 3.8) is 0 Å². The van der Waals surface area contributed by atoms with E-state index in [2.05, 4.69) is 34.7 Å². The molecule has 5 aromatic rings. The minimum absolute atomic E-state index is 0.00844. The number of hydrogen-bond donors (Lipinski definition) is 4. The predicted octanol–water partition coefficient (Wildman–Crippen LogP) is 8.13. The average Bonchev–Trinajstić information content (AvgIpc) is 3.63. The minimum Gasteiger partial charge on any atom is -0.461 e. The van der Waals surface area contributed by atoms with Gasteiger partial charge in [0.25, 0.3) is 0 Å². The molecule has 0 unspecified atom stereocenters. The van der Waals surface area contributed by atoms with Crippen LogP contribution in [0.2, 0.25) is 0 Å². The number of carbonyl (C=O) groups excluding carboxylic acids is 4. The molecule has 0 saturated heterocycles. The fraction of sp³-hybridized carbons (Fsp3) is 0.294. The molecule has 62 heavy (non-hydrogen) atoms. The Morgan fingerprint density at radius 3 is 1.71 bits per heavy atom. The van der Waals surface area contributed by atoms with Crippen molar-refractivity contribution in [2.45, 2.75) is 68.5 Å². The van der Waals surface area contributed by atoms with Crippen molar-refractivity contribution < 1.29 is 33.8 Å². The van der Waals surface area contributed by atoms with Crippen molar-refractivity contribution in [1.29, 1.82) is 0 Å². The molecule has 10 nitrogen and oxygen atoms in total. The number of aliphatic hydroxyl groups is 1. The lowest BCUT2D eigenvalue weighted by atomic mass is 9.84. The Morgan fingerprint density at radius 2 is 1.21 bits per heavy atom. The summed E-state index contributed by atoms with van der Waals surface area (Å²) in [5.41, 5.74) is 7.20. The Labute approximate surface area is 368 Å². The molecule has 4 N–H and O–H groups in total. The molecule has 5 aromatic carbocycles. The van der Waals surface area contributed by atoms with Gasteiger partial charge in [0.15, 0.2) is 0 Å². The van der Waals surface area contributed by atoms with Gasteiger partial charge in [-0.05, 0) is 51.8 Å². The Morgan fingerprint density at radius 1 is 0.710 bits per heavy atom. The van der Waals surface area contributed by atoms with E-state index in [1.165, 1.54) is 24.8 Å². The van der Waals surface area contributed by atoms with Gasteiger partial charge in [0.05, 0.1) is 23.3 Å². The number of ether oxygens (including phenoxy) is 2. The van der Waals surface area contributed by atoms with Crippen molar-refractivity contribution in [1.82, 2.24) is 16.0 Å². The molecule has 0 saturated carbocycles. The fourth-order valence-electron chi connectivity index (χ4n) is 7.98. The van der Waals surface area contributed by atoms with E-state index in [0.29, 0.717) is 6.42 Å². The van der Waals surface area contributed by atoms with Crippen molar-refractivity contribution >= 4 is 35.6 Å². The lowest BCUT2D eigenvalue weighted by Gasteiger charge is -2.37. The lowest BCUT2D eigenvalue weighted by Crippen LogP contribution is -2.58. The van der Waals surface area contributed by atoms with E-state index in [-0.39, 0.29) is 37.2 Å². The molecule has 0 aliphatic heterocycles. The van der Waals surface area contributed by atoms with E-state index in [0.717, 1.165) is 38.9 Å². The summed E-state index contributed by atoms with van der Waals surface area (Å²) >= 11 is 1.48. The Bertz CT molecular complexity index is 2150. The zero-order valence-corrected chi connectivity index (χ0v) is 36.2. The number of nitrogens with one attached hydrogen (secondary N) is 3. The third-order valence-corrected chi connectivity index (χ3v) is 13.1. The van der Waals surface area contributed by atoms with Gasteiger partial charge in [-0.1, -0.05) is 172 Å². The summed E-state index contributed by atoms with van der Waals surface area (Å²) in [6.07, 6.45) is -0.386. The molecular weight excluding hydrogens is 799 g/mol. The summed E-state index contributed by atoms with van der Waals surface area (Å²) in [6, 6.07) is 42.9. The second-order valence-corrected chi connectivity index (χ2v) is 16.7. The molecule has 0 aromatic heterocycles. The number of alkyl carbamates (subject to hydrolysis) is 1. The van der Waals surface area contributed by atoms with Crippen LogP contribution in [0.1, 0.15) is 67.3 Å². The minimum atomic E-state index is -1.28. The number of fused-ring (bicyclic) bond motifs is 3. The number of thioether (sulfide) groups is 1. The predicted molar refractivity (Wildman–Crippen MR) is 244 cm³/mol. The van der Waals surface area contributed by atoms with Gasteiger partial charge in [0.1, 0.15) is 25.3 Å². The first-order chi connectivity index (χ1) is 30.1. The summed E-state index contributed by atoms with van der Waals surface area (Å²) in [5, 5.41) is 19.9. The van der Waals surface area contributed by atoms with E-state index in [4.69, 9.17) is 9.47 Å². The SMILES string of the molecule is C=CCOC(=O)C[C@H](O)[C@H](NC(=O)[C@@H](CSC(c1ccccc1)(c1ccccc1)c1ccccc1)NC(=O)[C@@H](C)NC(=O)OCC1c2ccccc2-c2ccccc21)[C@@H](C)CC. The Balaban J connectivity index is 1.25. The molecule has 0 bridgehead atoms. The Kier molecular flexibility index (Phi) is 15.8. The van der Waals surface area contributed by atoms with Crippen molar-refractivity contribution in [3.05, 3.63) is 180 Å². The van der Waals surface area contributed by atoms with E-state index < -0.39 is 52.9 Å². The molecule has 3 amide bonds. The number of carbonyl (C=O) groups is 4. The first-order valence-corrected chi connectivity index (χ1v) is 22.0. The van der Waals surface area contributed by atoms with Gasteiger partial charge in [0, 0.05) is 11.7 Å². The van der Waals surface area contributed by atoms with Crippen LogP contribution < -0.4 is 16.0 Å². The van der Waals surface area contributed by atoms with Crippen LogP contribution in [0.5, 0.6) is 0 Å². The first-order valence-electron chi connectivity index (χ1n) is 21.0. The summed E-state index contributed by atoms with van der Waals surface area (Å²) in [5.74, 6) is -2.16. The molecule has 0 radical (unpaired) electrons. The van der Waals surface area contributed by atoms with Gasteiger partial charge >= 0.3 is 12.1 Å². The summed E-state index contributed by atoms with van der Waals surface area (Å²) < 4.78 is 10.0. The van der Waals surface area contributed by atoms with Gasteiger partial charge < -0.3 is 30.5 Å². The van der Waals surface area contributed by atoms with Crippen LogP contribution in [0.3, 0.4) is 0 Å². The number of amides is 3. The number of hydrogen-bond acceptors (Lipinski definition) is 8. The first kappa shape index (κ1) is 45.4. The quantitative estimate of drug-likeness (QED) is 0.0350. The zero-order chi connectivity index (χ0) is 44.1. The highest BCUT2D eigenvalue weighted by molar-refractivity contribution is 8.00. The maximum absolute atomic E-state index is 14.6. The lowest BCUT2D eigenvalue weighted by molar-refractivity contribution is -0.145. The number of benzene rings is 5. The van der Waals surface area contributed by atoms with Crippen molar-refractivity contribution in [3.8, 4) is 11.1 Å². The number of rotatable bonds is 20. The zero-order valence-electron chi connectivity index (χ0n) is 35.4. The maximum atomic E-state index is 14.6. The highest BCUT2D eigenvalue weighted by Crippen LogP contribution is 2.49. The van der Waals surface area contributed by atoms with Crippen LogP contribution >= 0.6 is 11.8 Å². The molecule has 0 fully saturated rings. The van der Waals surface area contributed by atoms with Gasteiger partial charge in [-0.15, -0.1) is 11.8 Å². The standard InChI is InChI=1S/C51H55N3O7S/c1-5-30-60-46(56)31-45(55)47(34(3)6-2)54-49(58)44(33-62-51(36-20-10-7-11-21-36,37-22-12-8-13-23-37)38-24-14-9-15-25-38)53-48(57)35(4)52-50(59)61-32-43-41-28-18-16-26-39(41)40-27-17-19-29-42(40)43/h5,7-29,34-35,43-45,47,55H,1,6,30-33H2,2-4H3,(H,52,59)(H,53,57)(H,54,58)/t34-,35+,44+,45-,47+/m0/s1. The van der Waals surface area contributed by atoms with Gasteiger partial charge in [-0.2, -0.15) is 0 Å². The van der Waals surface area contributed by atoms with Crippen LogP contribution in [0.15, 0.2) is 152 Å². The van der Waals surface area contributed by atoms with Crippen LogP contribution in [0.25, 0.3) is 11.1 Å². The third kappa shape index (κ3) is 10.6. The third-order valence-electron chi connectivity index (χ3n) is 11.4. The van der Waals surface area contributed by atoms with Crippen LogP contribution in [0.4, 0.5) is 4.79 Å². The number of aliphatic hydroxyl groups excluding tert-OH is 1. The molecular formula is C51H55N3O7S. The molecule has 5 atom stereocenters. The number of esters is 1. The second kappa shape index (κ2) is 21.6. The largest absolute Gasteiger partial charge is 0.461 e. The molecule has 6 rings (SSSR count). The topological polar surface area (TPSA) is 143 Å². The second-order valence-electron chi connectivity index (χ2n) is 15.5. The maximum Gasteiger partial charge on any atom is 0.407 e. The van der Waals surface area contributed by atoms with Gasteiger partial charge in [0.2, 0.25) is 11.8 Å². The van der Waals surface area contributed by atoms with Crippen LogP contribution in [-0.4, -0.2) is 72.2 Å². The van der Waals surface area contributed by atoms with Gasteiger partial charge in [-0.3, -0.25) is 14.4 Å². The molecule has 322 valence electrons. The van der Waals surface area contributed by atoms with E-state index >= 15 is 0 Å². The van der Waals surface area contributed by atoms with Crippen LogP contribution in [-0.2, 0) is 28.6 Å². The molecule has 11 heteroatoms. The summed E-state index contributed by atoms with van der Waals surface area (Å²) in [4.78, 5) is 54.5. The molecule has 1 aliphatic carbocycles. The van der Waals surface area contributed by atoms with Crippen molar-refractivity contribution in [2.24, 2.45) is 5.92 Å². The molecule has 0 spiro atoms. The van der Waals surface area contributed by atoms with E-state index in [1.54, 1.807) is 0 Å². The van der Waals surface area contributed by atoms with Crippen LogP contribution in [0, 0.1) is 5.92 Å². The monoisotopic (exact) mass is 853 g/mol. The van der Waals surface area contributed by atoms with E-state index in [9.17, 15) is 24.3 Å². The highest BCUT2D eigenvalue weighted by atomic mass is 32.2. The van der Waals surface area contributed by atoms with Crippen molar-refractivity contribution in [2.75, 3.05) is 19.0 Å². The average molecular weight is 854 g/mol. The smallest absolute Gasteiger partial charge is 0.407 e.